The second kappa shape index (κ2) is 5.34. The summed E-state index contributed by atoms with van der Waals surface area (Å²) in [7, 11) is 1.77. The molecular weight excluding hydrogens is 323 g/mol. The van der Waals surface area contributed by atoms with Gasteiger partial charge in [-0.25, -0.2) is 4.68 Å². The Hall–Kier alpha value is -1.34. The smallest absolute Gasteiger partial charge is 0.316 e. The summed E-state index contributed by atoms with van der Waals surface area (Å²) in [6.07, 6.45) is -2.57. The molecule has 0 atom stereocenters. The SMILES string of the molecule is CNCc1cc(Br)ccc1-n1cc(C(F)(F)F)cn1. The fourth-order valence-corrected chi connectivity index (χ4v) is 2.12. The van der Waals surface area contributed by atoms with E-state index in [0.29, 0.717) is 12.2 Å². The van der Waals surface area contributed by atoms with E-state index in [1.54, 1.807) is 19.2 Å². The van der Waals surface area contributed by atoms with Crippen LogP contribution in [0.15, 0.2) is 35.1 Å². The number of rotatable bonds is 3. The van der Waals surface area contributed by atoms with Gasteiger partial charge in [-0.1, -0.05) is 15.9 Å². The van der Waals surface area contributed by atoms with E-state index < -0.39 is 11.7 Å². The number of halogens is 4. The topological polar surface area (TPSA) is 29.9 Å². The van der Waals surface area contributed by atoms with Gasteiger partial charge in [0.05, 0.1) is 17.4 Å². The molecule has 0 saturated carbocycles. The third-order valence-electron chi connectivity index (χ3n) is 2.57. The standard InChI is InChI=1S/C12H11BrF3N3/c1-17-5-8-4-10(13)2-3-11(8)19-7-9(6-18-19)12(14,15)16/h2-4,6-7,17H,5H2,1H3. The van der Waals surface area contributed by atoms with Gasteiger partial charge < -0.3 is 5.32 Å². The van der Waals surface area contributed by atoms with Crippen molar-refractivity contribution >= 4 is 15.9 Å². The fourth-order valence-electron chi connectivity index (χ4n) is 1.71. The molecule has 2 aromatic rings. The molecule has 0 fully saturated rings. The van der Waals surface area contributed by atoms with Crippen LogP contribution >= 0.6 is 15.9 Å². The molecule has 7 heteroatoms. The number of aromatic nitrogens is 2. The lowest BCUT2D eigenvalue weighted by Gasteiger charge is -2.10. The Kier molecular flexibility index (Phi) is 3.96. The molecule has 0 aliphatic rings. The van der Waals surface area contributed by atoms with E-state index in [9.17, 15) is 13.2 Å². The van der Waals surface area contributed by atoms with Crippen LogP contribution in [0.25, 0.3) is 5.69 Å². The number of benzene rings is 1. The molecule has 0 spiro atoms. The largest absolute Gasteiger partial charge is 0.419 e. The van der Waals surface area contributed by atoms with Crippen LogP contribution in [-0.4, -0.2) is 16.8 Å². The minimum atomic E-state index is -4.38. The summed E-state index contributed by atoms with van der Waals surface area (Å²) < 4.78 is 39.8. The molecule has 1 aromatic heterocycles. The van der Waals surface area contributed by atoms with Crippen molar-refractivity contribution in [3.63, 3.8) is 0 Å². The second-order valence-corrected chi connectivity index (χ2v) is 4.89. The van der Waals surface area contributed by atoms with Gasteiger partial charge in [0.2, 0.25) is 0 Å². The maximum Gasteiger partial charge on any atom is 0.419 e. The predicted octanol–water partition coefficient (Wildman–Crippen LogP) is 3.37. The number of alkyl halides is 3. The van der Waals surface area contributed by atoms with E-state index in [2.05, 4.69) is 26.3 Å². The van der Waals surface area contributed by atoms with Crippen molar-refractivity contribution in [2.45, 2.75) is 12.7 Å². The molecule has 0 bridgehead atoms. The highest BCUT2D eigenvalue weighted by atomic mass is 79.9. The summed E-state index contributed by atoms with van der Waals surface area (Å²) in [4.78, 5) is 0. The van der Waals surface area contributed by atoms with Gasteiger partial charge in [-0.3, -0.25) is 0 Å². The summed E-state index contributed by atoms with van der Waals surface area (Å²) >= 11 is 3.34. The molecule has 3 nitrogen and oxygen atoms in total. The van der Waals surface area contributed by atoms with Crippen molar-refractivity contribution < 1.29 is 13.2 Å². The summed E-state index contributed by atoms with van der Waals surface area (Å²) in [5.74, 6) is 0. The first-order valence-electron chi connectivity index (χ1n) is 5.47. The third kappa shape index (κ3) is 3.16. The van der Waals surface area contributed by atoms with Crippen molar-refractivity contribution in [1.29, 1.82) is 0 Å². The lowest BCUT2D eigenvalue weighted by Crippen LogP contribution is -2.09. The van der Waals surface area contributed by atoms with E-state index >= 15 is 0 Å². The van der Waals surface area contributed by atoms with Crippen LogP contribution in [0.2, 0.25) is 0 Å². The monoisotopic (exact) mass is 333 g/mol. The Balaban J connectivity index is 2.44. The molecule has 19 heavy (non-hydrogen) atoms. The van der Waals surface area contributed by atoms with Gasteiger partial charge >= 0.3 is 6.18 Å². The minimum absolute atomic E-state index is 0.538. The van der Waals surface area contributed by atoms with Crippen LogP contribution in [-0.2, 0) is 12.7 Å². The first-order valence-corrected chi connectivity index (χ1v) is 6.26. The van der Waals surface area contributed by atoms with Crippen LogP contribution in [0, 0.1) is 0 Å². The van der Waals surface area contributed by atoms with Gasteiger partial charge in [-0.05, 0) is 30.8 Å². The zero-order valence-electron chi connectivity index (χ0n) is 10.0. The number of hydrogen-bond acceptors (Lipinski definition) is 2. The minimum Gasteiger partial charge on any atom is -0.316 e. The van der Waals surface area contributed by atoms with Crippen LogP contribution < -0.4 is 5.32 Å². The normalized spacial score (nSPS) is 11.8. The Labute approximate surface area is 116 Å². The summed E-state index contributed by atoms with van der Waals surface area (Å²) in [5, 5.41) is 6.75. The van der Waals surface area contributed by atoms with Crippen LogP contribution in [0.4, 0.5) is 13.2 Å². The van der Waals surface area contributed by atoms with Crippen LogP contribution in [0.1, 0.15) is 11.1 Å². The summed E-state index contributed by atoms with van der Waals surface area (Å²) in [6, 6.07) is 5.34. The molecule has 0 amide bonds. The molecule has 0 saturated heterocycles. The molecule has 0 radical (unpaired) electrons. The zero-order valence-corrected chi connectivity index (χ0v) is 11.6. The summed E-state index contributed by atoms with van der Waals surface area (Å²) in [5.41, 5.74) is 0.715. The van der Waals surface area contributed by atoms with Crippen LogP contribution in [0.3, 0.4) is 0 Å². The number of nitrogens with one attached hydrogen (secondary N) is 1. The molecule has 0 unspecified atom stereocenters. The van der Waals surface area contributed by atoms with Crippen molar-refractivity contribution in [1.82, 2.24) is 15.1 Å². The maximum absolute atomic E-state index is 12.6. The highest BCUT2D eigenvalue weighted by Gasteiger charge is 2.32. The van der Waals surface area contributed by atoms with Gasteiger partial charge in [0.15, 0.2) is 0 Å². The number of nitrogens with zero attached hydrogens (tertiary/aromatic N) is 2. The van der Waals surface area contributed by atoms with Gasteiger partial charge in [-0.15, -0.1) is 0 Å². The van der Waals surface area contributed by atoms with Crippen LogP contribution in [0.5, 0.6) is 0 Å². The molecule has 2 rings (SSSR count). The van der Waals surface area contributed by atoms with Gasteiger partial charge in [0.1, 0.15) is 0 Å². The molecule has 0 aliphatic heterocycles. The van der Waals surface area contributed by atoms with E-state index in [1.165, 1.54) is 4.68 Å². The molecule has 1 heterocycles. The Bertz CT molecular complexity index is 578. The third-order valence-corrected chi connectivity index (χ3v) is 3.06. The zero-order chi connectivity index (χ0) is 14.0. The average Bonchev–Trinajstić information content (AvgIpc) is 2.78. The quantitative estimate of drug-likeness (QED) is 0.933. The van der Waals surface area contributed by atoms with E-state index in [-0.39, 0.29) is 0 Å². The van der Waals surface area contributed by atoms with E-state index in [0.717, 1.165) is 22.4 Å². The first kappa shape index (κ1) is 14.1. The van der Waals surface area contributed by atoms with E-state index in [4.69, 9.17) is 0 Å². The molecule has 1 N–H and O–H groups in total. The van der Waals surface area contributed by atoms with Crippen molar-refractivity contribution in [3.8, 4) is 5.69 Å². The Morgan fingerprint density at radius 2 is 2.11 bits per heavy atom. The van der Waals surface area contributed by atoms with Crippen molar-refractivity contribution in [2.24, 2.45) is 0 Å². The molecule has 1 aromatic carbocycles. The fraction of sp³-hybridized carbons (Fsp3) is 0.250. The summed E-state index contributed by atoms with van der Waals surface area (Å²) in [6.45, 7) is 0.538. The van der Waals surface area contributed by atoms with Crippen molar-refractivity contribution in [3.05, 3.63) is 46.2 Å². The molecular formula is C12H11BrF3N3. The van der Waals surface area contributed by atoms with E-state index in [1.807, 2.05) is 6.07 Å². The maximum atomic E-state index is 12.6. The number of hydrogen-bond donors (Lipinski definition) is 1. The van der Waals surface area contributed by atoms with Gasteiger partial charge in [0, 0.05) is 17.2 Å². The second-order valence-electron chi connectivity index (χ2n) is 3.97. The first-order chi connectivity index (χ1) is 8.91. The molecule has 0 aliphatic carbocycles. The Morgan fingerprint density at radius 1 is 1.37 bits per heavy atom. The van der Waals surface area contributed by atoms with Gasteiger partial charge in [-0.2, -0.15) is 18.3 Å². The highest BCUT2D eigenvalue weighted by molar-refractivity contribution is 9.10. The lowest BCUT2D eigenvalue weighted by atomic mass is 10.2. The lowest BCUT2D eigenvalue weighted by molar-refractivity contribution is -0.137. The Morgan fingerprint density at radius 3 is 2.68 bits per heavy atom. The average molecular weight is 334 g/mol. The highest BCUT2D eigenvalue weighted by Crippen LogP contribution is 2.29. The predicted molar refractivity (Wildman–Crippen MR) is 69.0 cm³/mol. The van der Waals surface area contributed by atoms with Gasteiger partial charge in [0.25, 0.3) is 0 Å². The molecule has 102 valence electrons. The van der Waals surface area contributed by atoms with Crippen molar-refractivity contribution in [2.75, 3.05) is 7.05 Å².